The molecule has 0 fully saturated rings. The van der Waals surface area contributed by atoms with Crippen molar-refractivity contribution < 1.29 is 0 Å². The number of thioether (sulfide) groups is 1. The minimum atomic E-state index is 0.286. The van der Waals surface area contributed by atoms with E-state index in [1.165, 1.54) is 10.6 Å². The number of nitrogens with one attached hydrogen (secondary N) is 2. The summed E-state index contributed by atoms with van der Waals surface area (Å²) in [4.78, 5) is 5.85. The normalized spacial score (nSPS) is 23.1. The average molecular weight is 327 g/mol. The van der Waals surface area contributed by atoms with Gasteiger partial charge in [-0.3, -0.25) is 0 Å². The lowest BCUT2D eigenvalue weighted by Crippen LogP contribution is -2.37. The van der Waals surface area contributed by atoms with E-state index in [4.69, 9.17) is 0 Å². The van der Waals surface area contributed by atoms with Crippen LogP contribution in [0.25, 0.3) is 10.6 Å². The van der Waals surface area contributed by atoms with Gasteiger partial charge in [-0.05, 0) is 25.3 Å². The average Bonchev–Trinajstić information content (AvgIpc) is 3.23. The van der Waals surface area contributed by atoms with E-state index in [1.807, 2.05) is 16.4 Å². The standard InChI is InChI=1S/C17H21N5S/c1-12-10-14(11-18-13-6-3-2-4-7-13)19-17-20-16(21-22(12)17)15-8-5-9-23-15/h3,6-8,14,18H,1-2,4-5,9-11H2,(H,19,20,21). The molecule has 6 heteroatoms. The maximum absolute atomic E-state index is 4.66. The Balaban J connectivity index is 1.45. The third-order valence-corrected chi connectivity index (χ3v) is 5.30. The molecule has 1 aromatic heterocycles. The largest absolute Gasteiger partial charge is 0.383 e. The van der Waals surface area contributed by atoms with Crippen LogP contribution in [0.4, 0.5) is 5.95 Å². The van der Waals surface area contributed by atoms with E-state index in [9.17, 15) is 0 Å². The van der Waals surface area contributed by atoms with Crippen LogP contribution in [0.15, 0.2) is 36.6 Å². The molecule has 0 saturated heterocycles. The Hall–Kier alpha value is -1.95. The van der Waals surface area contributed by atoms with Crippen molar-refractivity contribution in [2.45, 2.75) is 31.7 Å². The van der Waals surface area contributed by atoms with Crippen LogP contribution in [-0.2, 0) is 0 Å². The summed E-state index contributed by atoms with van der Waals surface area (Å²) < 4.78 is 1.85. The van der Waals surface area contributed by atoms with Crippen molar-refractivity contribution in [2.75, 3.05) is 17.6 Å². The zero-order valence-corrected chi connectivity index (χ0v) is 13.9. The minimum Gasteiger partial charge on any atom is -0.383 e. The van der Waals surface area contributed by atoms with Gasteiger partial charge < -0.3 is 10.6 Å². The molecule has 0 saturated carbocycles. The lowest BCUT2D eigenvalue weighted by atomic mass is 10.1. The molecule has 0 spiro atoms. The smallest absolute Gasteiger partial charge is 0.226 e. The molecule has 23 heavy (non-hydrogen) atoms. The highest BCUT2D eigenvalue weighted by Crippen LogP contribution is 2.34. The monoisotopic (exact) mass is 327 g/mol. The van der Waals surface area contributed by atoms with Crippen molar-refractivity contribution in [1.29, 1.82) is 0 Å². The van der Waals surface area contributed by atoms with Gasteiger partial charge in [0.1, 0.15) is 0 Å². The van der Waals surface area contributed by atoms with Crippen LogP contribution in [0.2, 0.25) is 0 Å². The predicted molar refractivity (Wildman–Crippen MR) is 96.9 cm³/mol. The Bertz CT molecular complexity index is 713. The molecule has 2 N–H and O–H groups in total. The van der Waals surface area contributed by atoms with E-state index < -0.39 is 0 Å². The quantitative estimate of drug-likeness (QED) is 0.889. The van der Waals surface area contributed by atoms with Crippen LogP contribution in [0.1, 0.15) is 31.5 Å². The molecule has 1 unspecified atom stereocenters. The van der Waals surface area contributed by atoms with Gasteiger partial charge in [0.2, 0.25) is 5.95 Å². The second-order valence-corrected chi connectivity index (χ2v) is 7.14. The van der Waals surface area contributed by atoms with E-state index in [2.05, 4.69) is 51.6 Å². The predicted octanol–water partition coefficient (Wildman–Crippen LogP) is 3.23. The molecule has 5 nitrogen and oxygen atoms in total. The first-order valence-corrected chi connectivity index (χ1v) is 9.14. The van der Waals surface area contributed by atoms with Crippen molar-refractivity contribution in [1.82, 2.24) is 20.1 Å². The van der Waals surface area contributed by atoms with Gasteiger partial charge in [-0.25, -0.2) is 4.68 Å². The third-order valence-electron chi connectivity index (χ3n) is 4.20. The Kier molecular flexibility index (Phi) is 3.99. The molecule has 4 rings (SSSR count). The zero-order valence-electron chi connectivity index (χ0n) is 13.1. The van der Waals surface area contributed by atoms with Crippen molar-refractivity contribution in [3.63, 3.8) is 0 Å². The molecule has 120 valence electrons. The number of hydrogen-bond donors (Lipinski definition) is 2. The Labute approximate surface area is 140 Å². The van der Waals surface area contributed by atoms with Crippen molar-refractivity contribution >= 4 is 28.3 Å². The Morgan fingerprint density at radius 2 is 2.30 bits per heavy atom. The molecule has 1 aliphatic carbocycles. The van der Waals surface area contributed by atoms with Gasteiger partial charge in [0, 0.05) is 30.1 Å². The molecule has 3 heterocycles. The van der Waals surface area contributed by atoms with Crippen molar-refractivity contribution in [3.8, 4) is 0 Å². The van der Waals surface area contributed by atoms with Gasteiger partial charge in [0.05, 0.1) is 10.9 Å². The fourth-order valence-electron chi connectivity index (χ4n) is 3.02. The summed E-state index contributed by atoms with van der Waals surface area (Å²) in [6.07, 6.45) is 13.1. The first-order valence-electron chi connectivity index (χ1n) is 8.15. The van der Waals surface area contributed by atoms with Crippen molar-refractivity contribution in [2.24, 2.45) is 0 Å². The Morgan fingerprint density at radius 3 is 3.09 bits per heavy atom. The molecule has 0 amide bonds. The van der Waals surface area contributed by atoms with Crippen LogP contribution >= 0.6 is 11.8 Å². The van der Waals surface area contributed by atoms with Gasteiger partial charge in [-0.15, -0.1) is 16.9 Å². The molecule has 2 aliphatic heterocycles. The molecule has 1 aromatic rings. The summed E-state index contributed by atoms with van der Waals surface area (Å²) in [7, 11) is 0. The van der Waals surface area contributed by atoms with E-state index in [0.717, 1.165) is 55.5 Å². The second kappa shape index (κ2) is 6.28. The number of allylic oxidation sites excluding steroid dienone is 4. The third kappa shape index (κ3) is 3.08. The number of fused-ring (bicyclic) bond motifs is 1. The summed E-state index contributed by atoms with van der Waals surface area (Å²) in [6, 6.07) is 0.286. The zero-order chi connectivity index (χ0) is 15.6. The molecule has 0 radical (unpaired) electrons. The van der Waals surface area contributed by atoms with Gasteiger partial charge in [0.15, 0.2) is 5.82 Å². The number of aromatic nitrogens is 3. The highest BCUT2D eigenvalue weighted by atomic mass is 32.2. The fraction of sp³-hybridized carbons (Fsp3) is 0.412. The summed E-state index contributed by atoms with van der Waals surface area (Å²) in [5.74, 6) is 2.76. The highest BCUT2D eigenvalue weighted by Gasteiger charge is 2.25. The van der Waals surface area contributed by atoms with Gasteiger partial charge in [-0.1, -0.05) is 24.8 Å². The fourth-order valence-corrected chi connectivity index (χ4v) is 3.92. The number of anilines is 1. The molecule has 3 aliphatic rings. The van der Waals surface area contributed by atoms with Crippen LogP contribution < -0.4 is 10.6 Å². The topological polar surface area (TPSA) is 54.8 Å². The van der Waals surface area contributed by atoms with Gasteiger partial charge in [-0.2, -0.15) is 4.98 Å². The number of hydrogen-bond acceptors (Lipinski definition) is 5. The Morgan fingerprint density at radius 1 is 1.35 bits per heavy atom. The lowest BCUT2D eigenvalue weighted by Gasteiger charge is -2.26. The second-order valence-electron chi connectivity index (χ2n) is 6.01. The van der Waals surface area contributed by atoms with Crippen LogP contribution in [0, 0.1) is 0 Å². The van der Waals surface area contributed by atoms with Crippen LogP contribution in [0.5, 0.6) is 0 Å². The molecule has 0 aromatic carbocycles. The van der Waals surface area contributed by atoms with E-state index in [1.54, 1.807) is 0 Å². The highest BCUT2D eigenvalue weighted by molar-refractivity contribution is 8.08. The number of rotatable bonds is 4. The molecule has 0 bridgehead atoms. The van der Waals surface area contributed by atoms with Gasteiger partial charge in [0.25, 0.3) is 0 Å². The first kappa shape index (κ1) is 14.6. The maximum Gasteiger partial charge on any atom is 0.226 e. The summed E-state index contributed by atoms with van der Waals surface area (Å²) in [5.41, 5.74) is 2.21. The SMILES string of the molecule is C=C1CC(CNC2=CCCC=C2)Nc2nc(C3=CCCS3)nn21. The van der Waals surface area contributed by atoms with E-state index >= 15 is 0 Å². The summed E-state index contributed by atoms with van der Waals surface area (Å²) in [5, 5.41) is 11.6. The first-order chi connectivity index (χ1) is 11.3. The summed E-state index contributed by atoms with van der Waals surface area (Å²) in [6.45, 7) is 5.03. The van der Waals surface area contributed by atoms with Crippen LogP contribution in [0.3, 0.4) is 0 Å². The van der Waals surface area contributed by atoms with Gasteiger partial charge >= 0.3 is 0 Å². The molecular weight excluding hydrogens is 306 g/mol. The van der Waals surface area contributed by atoms with Crippen molar-refractivity contribution in [3.05, 3.63) is 42.4 Å². The number of nitrogens with zero attached hydrogens (tertiary/aromatic N) is 3. The van der Waals surface area contributed by atoms with Crippen LogP contribution in [-0.4, -0.2) is 33.1 Å². The van der Waals surface area contributed by atoms with E-state index in [0.29, 0.717) is 0 Å². The lowest BCUT2D eigenvalue weighted by molar-refractivity contribution is 0.624. The minimum absolute atomic E-state index is 0.286. The maximum atomic E-state index is 4.66. The van der Waals surface area contributed by atoms with E-state index in [-0.39, 0.29) is 6.04 Å². The molecular formula is C17H21N5S. The molecule has 1 atom stereocenters. The summed E-state index contributed by atoms with van der Waals surface area (Å²) >= 11 is 1.83.